The van der Waals surface area contributed by atoms with E-state index in [0.29, 0.717) is 0 Å². The number of aliphatic hydroxyl groups is 2. The molecule has 3 atom stereocenters. The molecule has 62 heavy (non-hydrogen) atoms. The molecule has 0 bridgehead atoms. The molecule has 14 nitrogen and oxygen atoms in total. The first-order valence-corrected chi connectivity index (χ1v) is 21.5. The van der Waals surface area contributed by atoms with E-state index in [0.717, 1.165) is 21.0 Å². The van der Waals surface area contributed by atoms with E-state index in [2.05, 4.69) is 10.6 Å². The third-order valence-corrected chi connectivity index (χ3v) is 13.0. The number of nitrogens with zero attached hydrogens (tertiary/aromatic N) is 1. The first-order chi connectivity index (χ1) is 28.9. The van der Waals surface area contributed by atoms with Gasteiger partial charge < -0.3 is 42.2 Å². The lowest BCUT2D eigenvalue weighted by molar-refractivity contribution is -0.152. The maximum Gasteiger partial charge on any atom is 0.313 e. The molecule has 3 unspecified atom stereocenters. The van der Waals surface area contributed by atoms with Crippen molar-refractivity contribution in [3.05, 3.63) is 145 Å². The Morgan fingerprint density at radius 2 is 1.16 bits per heavy atom. The van der Waals surface area contributed by atoms with Crippen molar-refractivity contribution in [1.29, 1.82) is 0 Å². The molecule has 0 saturated carbocycles. The number of aliphatic hydroxyl groups excluding tert-OH is 2. The smallest absolute Gasteiger partial charge is 0.313 e. The highest BCUT2D eigenvalue weighted by Crippen LogP contribution is 2.41. The number of phenols is 1. The van der Waals surface area contributed by atoms with Gasteiger partial charge in [-0.05, 0) is 42.7 Å². The summed E-state index contributed by atoms with van der Waals surface area (Å²) in [5.41, 5.74) is 11.3. The number of methoxy groups -OCH3 is 1. The molecule has 5 rings (SSSR count). The molecule has 5 aromatic carbocycles. The van der Waals surface area contributed by atoms with Gasteiger partial charge in [-0.15, -0.1) is 0 Å². The van der Waals surface area contributed by atoms with E-state index in [-0.39, 0.29) is 58.8 Å². The molecule has 0 aliphatic rings. The summed E-state index contributed by atoms with van der Waals surface area (Å²) < 4.78 is 30.8. The molecule has 9 N–H and O–H groups in total. The van der Waals surface area contributed by atoms with Gasteiger partial charge in [0.1, 0.15) is 16.3 Å². The van der Waals surface area contributed by atoms with E-state index in [1.165, 1.54) is 33.3 Å². The molecule has 0 amide bonds. The van der Waals surface area contributed by atoms with Crippen molar-refractivity contribution in [1.82, 2.24) is 4.31 Å². The van der Waals surface area contributed by atoms with Crippen LogP contribution in [0.2, 0.25) is 5.02 Å². The van der Waals surface area contributed by atoms with Crippen LogP contribution in [0.1, 0.15) is 76.4 Å². The van der Waals surface area contributed by atoms with Crippen molar-refractivity contribution in [2.24, 2.45) is 27.7 Å². The first-order valence-electron chi connectivity index (χ1n) is 19.7. The molecule has 0 spiro atoms. The van der Waals surface area contributed by atoms with Gasteiger partial charge in [0.05, 0.1) is 35.9 Å². The highest BCUT2D eigenvalue weighted by atomic mass is 35.5. The van der Waals surface area contributed by atoms with E-state index >= 15 is 0 Å². The molecule has 0 aliphatic carbocycles. The van der Waals surface area contributed by atoms with Crippen LogP contribution in [0.5, 0.6) is 5.75 Å². The number of ether oxygens (including phenoxy) is 1. The highest BCUT2D eigenvalue weighted by Gasteiger charge is 2.37. The predicted octanol–water partition coefficient (Wildman–Crippen LogP) is 6.40. The largest absolute Gasteiger partial charge is 0.504 e. The quantitative estimate of drug-likeness (QED) is 0.0343. The summed E-state index contributed by atoms with van der Waals surface area (Å²) in [6.07, 6.45) is 0. The third kappa shape index (κ3) is 11.9. The number of rotatable bonds is 15. The average molecular weight is 895 g/mol. The van der Waals surface area contributed by atoms with E-state index < -0.39 is 48.4 Å². The van der Waals surface area contributed by atoms with Crippen LogP contribution in [0.25, 0.3) is 0 Å². The predicted molar refractivity (Wildman–Crippen MR) is 246 cm³/mol. The topological polar surface area (TPSA) is 235 Å². The van der Waals surface area contributed by atoms with Crippen molar-refractivity contribution in [3.8, 4) is 5.75 Å². The zero-order chi connectivity index (χ0) is 46.8. The number of carbonyl (C=O) groups is 1. The lowest BCUT2D eigenvalue weighted by Crippen LogP contribution is -2.40. The molecule has 0 radical (unpaired) electrons. The van der Waals surface area contributed by atoms with Gasteiger partial charge in [0.2, 0.25) is 10.0 Å². The monoisotopic (exact) mass is 893 g/mol. The van der Waals surface area contributed by atoms with Crippen LogP contribution in [0.4, 0.5) is 17.1 Å². The molecule has 16 heteroatoms. The molecule has 0 fully saturated rings. The maximum atomic E-state index is 12.6. The number of aromatic hydroxyl groups is 1. The van der Waals surface area contributed by atoms with E-state index in [4.69, 9.17) is 32.9 Å². The van der Waals surface area contributed by atoms with Crippen molar-refractivity contribution < 1.29 is 33.3 Å². The van der Waals surface area contributed by atoms with E-state index in [9.17, 15) is 33.0 Å². The van der Waals surface area contributed by atoms with Gasteiger partial charge in [0, 0.05) is 43.6 Å². The molecule has 5 aromatic rings. The summed E-state index contributed by atoms with van der Waals surface area (Å²) >= 11 is 6.04. The van der Waals surface area contributed by atoms with Gasteiger partial charge in [-0.25, -0.2) is 12.7 Å². The Balaban J connectivity index is 0.000000299. The second kappa shape index (κ2) is 21.3. The van der Waals surface area contributed by atoms with Crippen LogP contribution in [-0.2, 0) is 19.6 Å². The fourth-order valence-electron chi connectivity index (χ4n) is 6.15. The van der Waals surface area contributed by atoms with Crippen molar-refractivity contribution >= 4 is 44.7 Å². The standard InChI is InChI=1S/C23H26ClN3O6S.C12H17NO2.C11H17NO/c1-23(2,12-28)22(13-8-6-5-7-9-13)26-17-16(19(30)20(17)31)25-15-11-10-14(24)21(18(15)29)34(32,33)27(3)4;1-12(2,11(14)15-3)10(13)9-7-5-4-6-8-9;1-11(2,8-13)10(12)9-6-4-3-5-7-9/h5-11,22,25-26,28-29H,12H2,1-4H3;4-8,10H,13H2,1-3H3;3-7,10,13H,8,12H2,1-2H3. The molecular formula is C46H60ClN5O9S. The summed E-state index contributed by atoms with van der Waals surface area (Å²) in [5, 5.41) is 35.3. The number of nitrogens with two attached hydrogens (primary N) is 2. The van der Waals surface area contributed by atoms with E-state index in [1.54, 1.807) is 27.7 Å². The minimum absolute atomic E-state index is 0.0354. The summed E-state index contributed by atoms with van der Waals surface area (Å²) in [4.78, 5) is 35.8. The van der Waals surface area contributed by atoms with Crippen molar-refractivity contribution in [2.45, 2.75) is 64.6 Å². The molecular weight excluding hydrogens is 834 g/mol. The number of benzene rings is 4. The molecule has 0 saturated heterocycles. The average Bonchev–Trinajstić information content (AvgIpc) is 3.26. The number of anilines is 3. The van der Waals surface area contributed by atoms with Crippen LogP contribution in [0, 0.1) is 16.2 Å². The van der Waals surface area contributed by atoms with Crippen LogP contribution in [0.3, 0.4) is 0 Å². The fourth-order valence-corrected chi connectivity index (χ4v) is 7.63. The van der Waals surface area contributed by atoms with Gasteiger partial charge in [-0.1, -0.05) is 130 Å². The molecule has 0 heterocycles. The zero-order valence-corrected chi connectivity index (χ0v) is 38.2. The number of halogens is 1. The summed E-state index contributed by atoms with van der Waals surface area (Å²) in [5.74, 6) is -0.977. The fraction of sp³-hybridized carbons (Fsp3) is 0.370. The van der Waals surface area contributed by atoms with Crippen LogP contribution in [0.15, 0.2) is 118 Å². The number of sulfonamides is 1. The van der Waals surface area contributed by atoms with Crippen LogP contribution in [-0.4, -0.2) is 68.4 Å². The number of esters is 1. The van der Waals surface area contributed by atoms with Gasteiger partial charge in [0.25, 0.3) is 10.9 Å². The Bertz CT molecular complexity index is 2420. The van der Waals surface area contributed by atoms with E-state index in [1.807, 2.05) is 105 Å². The SMILES string of the molecule is CC(C)(CO)C(N)c1ccccc1.CN(C)S(=O)(=O)c1c(Cl)ccc(Nc2c(NC(c3ccccc3)C(C)(C)CO)c(=O)c2=O)c1O.COC(=O)C(C)(C)C(N)c1ccccc1. The zero-order valence-electron chi connectivity index (χ0n) is 36.6. The number of hydrogen-bond acceptors (Lipinski definition) is 13. The molecule has 336 valence electrons. The van der Waals surface area contributed by atoms with Gasteiger partial charge >= 0.3 is 5.97 Å². The van der Waals surface area contributed by atoms with Crippen LogP contribution >= 0.6 is 11.6 Å². The number of nitrogens with one attached hydrogen (secondary N) is 2. The Morgan fingerprint density at radius 1 is 0.726 bits per heavy atom. The Kier molecular flexibility index (Phi) is 17.6. The summed E-state index contributed by atoms with van der Waals surface area (Å²) in [7, 11) is -0.148. The maximum absolute atomic E-state index is 12.6. The van der Waals surface area contributed by atoms with Gasteiger partial charge in [-0.3, -0.25) is 14.4 Å². The second-order valence-corrected chi connectivity index (χ2v) is 19.4. The van der Waals surface area contributed by atoms with Crippen molar-refractivity contribution in [3.63, 3.8) is 0 Å². The molecule has 0 aromatic heterocycles. The Morgan fingerprint density at radius 3 is 1.60 bits per heavy atom. The van der Waals surface area contributed by atoms with Gasteiger partial charge in [0.15, 0.2) is 5.75 Å². The number of hydrogen-bond donors (Lipinski definition) is 7. The van der Waals surface area contributed by atoms with Crippen LogP contribution < -0.4 is 33.0 Å². The van der Waals surface area contributed by atoms with Crippen molar-refractivity contribution in [2.75, 3.05) is 45.1 Å². The normalized spacial score (nSPS) is 13.5. The minimum Gasteiger partial charge on any atom is -0.504 e. The lowest BCUT2D eigenvalue weighted by atomic mass is 9.80. The highest BCUT2D eigenvalue weighted by molar-refractivity contribution is 7.89. The Labute approximate surface area is 369 Å². The minimum atomic E-state index is -4.10. The third-order valence-electron chi connectivity index (χ3n) is 10.7. The molecule has 0 aliphatic heterocycles. The number of phenolic OH excluding ortho intramolecular Hbond substituents is 1. The van der Waals surface area contributed by atoms with Gasteiger partial charge in [-0.2, -0.15) is 0 Å². The first kappa shape index (κ1) is 51.2. The number of carbonyl (C=O) groups excluding carboxylic acids is 1. The summed E-state index contributed by atoms with van der Waals surface area (Å²) in [6, 6.07) is 30.1. The Hall–Kier alpha value is -5.13. The lowest BCUT2D eigenvalue weighted by Gasteiger charge is -2.35. The second-order valence-electron chi connectivity index (χ2n) is 16.9. The summed E-state index contributed by atoms with van der Waals surface area (Å²) in [6.45, 7) is 11.0.